The summed E-state index contributed by atoms with van der Waals surface area (Å²) < 4.78 is 17.2. The largest absolute Gasteiger partial charge is 0.477 e. The van der Waals surface area contributed by atoms with Gasteiger partial charge in [-0.15, -0.1) is 0 Å². The molecule has 1 N–H and O–H groups in total. The van der Waals surface area contributed by atoms with Gasteiger partial charge in [0.05, 0.1) is 34.4 Å². The zero-order valence-corrected chi connectivity index (χ0v) is 34.9. The molecule has 0 aromatic carbocycles. The van der Waals surface area contributed by atoms with Gasteiger partial charge in [0.2, 0.25) is 0 Å². The van der Waals surface area contributed by atoms with Crippen LogP contribution in [-0.4, -0.2) is 80.6 Å². The molecule has 2 unspecified atom stereocenters. The maximum atomic E-state index is 12.7. The summed E-state index contributed by atoms with van der Waals surface area (Å²) in [6.07, 6.45) is 45.0. The number of ether oxygens (including phenoxy) is 3. The SMILES string of the molecule is CCC/C=C/C=C/C=C/C=C/C=C/CCCCCCCC(=O)OC(COCCC(C(=O)O)[N+](C)(C)C)COC(=O)CCCCCCC/C=C/CCCCC. The topological polar surface area (TPSA) is 99.1 Å². The van der Waals surface area contributed by atoms with Crippen LogP contribution < -0.4 is 0 Å². The molecule has 0 aromatic rings. The summed E-state index contributed by atoms with van der Waals surface area (Å²) in [5.41, 5.74) is 0. The second-order valence-electron chi connectivity index (χ2n) is 15.0. The molecule has 54 heavy (non-hydrogen) atoms. The van der Waals surface area contributed by atoms with Gasteiger partial charge in [0.15, 0.2) is 12.1 Å². The van der Waals surface area contributed by atoms with Gasteiger partial charge in [-0.1, -0.05) is 145 Å². The van der Waals surface area contributed by atoms with Gasteiger partial charge in [0.1, 0.15) is 6.61 Å². The van der Waals surface area contributed by atoms with Gasteiger partial charge in [-0.2, -0.15) is 0 Å². The number of esters is 2. The summed E-state index contributed by atoms with van der Waals surface area (Å²) >= 11 is 0. The zero-order valence-electron chi connectivity index (χ0n) is 34.9. The number of rotatable bonds is 36. The molecule has 0 saturated carbocycles. The first-order chi connectivity index (χ1) is 26.1. The molecule has 0 aliphatic rings. The lowest BCUT2D eigenvalue weighted by molar-refractivity contribution is -0.887. The summed E-state index contributed by atoms with van der Waals surface area (Å²) in [7, 11) is 5.50. The average molecular weight is 757 g/mol. The average Bonchev–Trinajstić information content (AvgIpc) is 3.12. The minimum absolute atomic E-state index is 0.0440. The Bertz CT molecular complexity index is 1110. The van der Waals surface area contributed by atoms with Gasteiger partial charge in [-0.25, -0.2) is 4.79 Å². The summed E-state index contributed by atoms with van der Waals surface area (Å²) in [6, 6.07) is -0.623. The van der Waals surface area contributed by atoms with Crippen molar-refractivity contribution in [2.45, 2.75) is 161 Å². The minimum atomic E-state index is -0.885. The number of hydrogen-bond donors (Lipinski definition) is 1. The fourth-order valence-corrected chi connectivity index (χ4v) is 5.64. The normalized spacial score (nSPS) is 13.7. The Hall–Kier alpha value is -3.23. The molecule has 0 heterocycles. The highest BCUT2D eigenvalue weighted by atomic mass is 16.6. The predicted molar refractivity (Wildman–Crippen MR) is 224 cm³/mol. The van der Waals surface area contributed by atoms with Crippen LogP contribution in [0, 0.1) is 0 Å². The van der Waals surface area contributed by atoms with E-state index in [9.17, 15) is 19.5 Å². The van der Waals surface area contributed by atoms with E-state index in [1.165, 1.54) is 38.5 Å². The highest BCUT2D eigenvalue weighted by molar-refractivity contribution is 5.72. The van der Waals surface area contributed by atoms with Crippen molar-refractivity contribution in [3.63, 3.8) is 0 Å². The third-order valence-electron chi connectivity index (χ3n) is 8.94. The molecule has 0 amide bonds. The van der Waals surface area contributed by atoms with Crippen LogP contribution in [0.15, 0.2) is 72.9 Å². The highest BCUT2D eigenvalue weighted by Crippen LogP contribution is 2.13. The van der Waals surface area contributed by atoms with Crippen molar-refractivity contribution in [2.75, 3.05) is 41.0 Å². The second-order valence-corrected chi connectivity index (χ2v) is 15.0. The first-order valence-corrected chi connectivity index (χ1v) is 21.0. The van der Waals surface area contributed by atoms with Crippen molar-refractivity contribution in [1.29, 1.82) is 0 Å². The molecule has 0 fully saturated rings. The van der Waals surface area contributed by atoms with E-state index in [0.717, 1.165) is 77.0 Å². The van der Waals surface area contributed by atoms with Crippen LogP contribution in [0.4, 0.5) is 0 Å². The Morgan fingerprint density at radius 3 is 1.57 bits per heavy atom. The predicted octanol–water partition coefficient (Wildman–Crippen LogP) is 11.2. The third-order valence-corrected chi connectivity index (χ3v) is 8.94. The van der Waals surface area contributed by atoms with Crippen LogP contribution in [0.5, 0.6) is 0 Å². The lowest BCUT2D eigenvalue weighted by Crippen LogP contribution is -2.50. The van der Waals surface area contributed by atoms with Gasteiger partial charge in [0, 0.05) is 19.3 Å². The number of likely N-dealkylation sites (N-methyl/N-ethyl adjacent to an activating group) is 1. The number of carbonyl (C=O) groups is 3. The molecule has 0 rings (SSSR count). The number of aliphatic carboxylic acids is 1. The smallest absolute Gasteiger partial charge is 0.362 e. The Morgan fingerprint density at radius 1 is 0.556 bits per heavy atom. The molecule has 8 nitrogen and oxygen atoms in total. The lowest BCUT2D eigenvalue weighted by Gasteiger charge is -2.31. The van der Waals surface area contributed by atoms with Gasteiger partial charge in [-0.3, -0.25) is 9.59 Å². The van der Waals surface area contributed by atoms with E-state index in [4.69, 9.17) is 14.2 Å². The van der Waals surface area contributed by atoms with Crippen molar-refractivity contribution in [2.24, 2.45) is 0 Å². The Labute approximate surface area is 330 Å². The van der Waals surface area contributed by atoms with Crippen molar-refractivity contribution < 1.29 is 38.2 Å². The molecule has 2 atom stereocenters. The number of carbonyl (C=O) groups excluding carboxylic acids is 2. The third kappa shape index (κ3) is 34.5. The molecule has 8 heteroatoms. The highest BCUT2D eigenvalue weighted by Gasteiger charge is 2.31. The second kappa shape index (κ2) is 36.7. The van der Waals surface area contributed by atoms with E-state index in [0.29, 0.717) is 19.3 Å². The first kappa shape index (κ1) is 50.8. The summed E-state index contributed by atoms with van der Waals surface area (Å²) in [5, 5.41) is 9.60. The number of hydrogen-bond acceptors (Lipinski definition) is 6. The quantitative estimate of drug-likeness (QED) is 0.0223. The molecular weight excluding hydrogens is 679 g/mol. The monoisotopic (exact) mass is 757 g/mol. The van der Waals surface area contributed by atoms with Gasteiger partial charge < -0.3 is 23.8 Å². The van der Waals surface area contributed by atoms with E-state index in [2.05, 4.69) is 50.3 Å². The summed E-state index contributed by atoms with van der Waals surface area (Å²) in [4.78, 5) is 36.9. The molecule has 0 aromatic heterocycles. The fourth-order valence-electron chi connectivity index (χ4n) is 5.64. The van der Waals surface area contributed by atoms with Crippen molar-refractivity contribution in [3.8, 4) is 0 Å². The van der Waals surface area contributed by atoms with Crippen LogP contribution in [-0.2, 0) is 28.6 Å². The van der Waals surface area contributed by atoms with E-state index >= 15 is 0 Å². The maximum Gasteiger partial charge on any atom is 0.362 e. The van der Waals surface area contributed by atoms with E-state index < -0.39 is 18.1 Å². The molecule has 0 aliphatic heterocycles. The summed E-state index contributed by atoms with van der Waals surface area (Å²) in [6.45, 7) is 4.56. The van der Waals surface area contributed by atoms with E-state index in [1.54, 1.807) is 0 Å². The fraction of sp³-hybridized carbons (Fsp3) is 0.674. The molecular formula is C46H78NO7+. The van der Waals surface area contributed by atoms with E-state index in [1.807, 2.05) is 57.6 Å². The maximum absolute atomic E-state index is 12.7. The van der Waals surface area contributed by atoms with Crippen molar-refractivity contribution in [1.82, 2.24) is 0 Å². The Morgan fingerprint density at radius 2 is 1.04 bits per heavy atom. The molecule has 0 aliphatic carbocycles. The van der Waals surface area contributed by atoms with Crippen molar-refractivity contribution >= 4 is 17.9 Å². The zero-order chi connectivity index (χ0) is 40.0. The van der Waals surface area contributed by atoms with Gasteiger partial charge in [-0.05, 0) is 57.8 Å². The number of nitrogens with zero attached hydrogens (tertiary/aromatic N) is 1. The molecule has 0 radical (unpaired) electrons. The summed E-state index contributed by atoms with van der Waals surface area (Å²) in [5.74, 6) is -1.52. The number of carboxylic acid groups (broad SMARTS) is 1. The molecule has 308 valence electrons. The molecule has 0 saturated heterocycles. The van der Waals surface area contributed by atoms with Crippen molar-refractivity contribution in [3.05, 3.63) is 72.9 Å². The number of allylic oxidation sites excluding steroid dienone is 12. The Balaban J connectivity index is 4.46. The van der Waals surface area contributed by atoms with E-state index in [-0.39, 0.29) is 36.2 Å². The van der Waals surface area contributed by atoms with Crippen LogP contribution in [0.3, 0.4) is 0 Å². The van der Waals surface area contributed by atoms with Gasteiger partial charge >= 0.3 is 17.9 Å². The minimum Gasteiger partial charge on any atom is -0.477 e. The number of unbranched alkanes of at least 4 members (excludes halogenated alkanes) is 14. The van der Waals surface area contributed by atoms with Crippen LogP contribution in [0.25, 0.3) is 0 Å². The van der Waals surface area contributed by atoms with Crippen LogP contribution >= 0.6 is 0 Å². The number of quaternary nitrogens is 1. The van der Waals surface area contributed by atoms with Gasteiger partial charge in [0.25, 0.3) is 0 Å². The van der Waals surface area contributed by atoms with Crippen LogP contribution in [0.2, 0.25) is 0 Å². The van der Waals surface area contributed by atoms with Crippen LogP contribution in [0.1, 0.15) is 149 Å². The first-order valence-electron chi connectivity index (χ1n) is 21.0. The molecule has 0 bridgehead atoms. The number of carboxylic acids is 1. The molecule has 0 spiro atoms. The Kier molecular flexibility index (Phi) is 34.5. The lowest BCUT2D eigenvalue weighted by atomic mass is 10.1. The standard InChI is InChI=1S/C46H77NO7/c1-6-8-10-12-14-16-18-20-21-22-23-24-25-27-29-31-33-35-37-45(49)54-42(40-52-39-38-43(46(50)51)47(3,4)5)41-53-44(48)36-34-32-30-28-26-19-17-15-13-11-9-7-2/h10,12,14-18,20-24,42-43H,6-9,11,13,19,25-41H2,1-5H3/p+1/b12-10+,16-14+,17-15+,20-18+,22-21+,24-23+.